The highest BCUT2D eigenvalue weighted by Gasteiger charge is 2.33. The van der Waals surface area contributed by atoms with E-state index in [9.17, 15) is 27.6 Å². The van der Waals surface area contributed by atoms with Gasteiger partial charge in [0.2, 0.25) is 0 Å². The van der Waals surface area contributed by atoms with Gasteiger partial charge in [-0.1, -0.05) is 18.2 Å². The number of hydrogen-bond donors (Lipinski definition) is 2. The van der Waals surface area contributed by atoms with Crippen LogP contribution in [0.25, 0.3) is 16.6 Å². The molecule has 0 unspecified atom stereocenters. The number of carbonyl (C=O) groups is 3. The number of ether oxygens (including phenoxy) is 1. The van der Waals surface area contributed by atoms with Crippen LogP contribution in [-0.2, 0) is 15.8 Å². The van der Waals surface area contributed by atoms with Crippen LogP contribution in [0.1, 0.15) is 21.5 Å². The van der Waals surface area contributed by atoms with Crippen molar-refractivity contribution in [1.82, 2.24) is 9.88 Å². The third-order valence-electron chi connectivity index (χ3n) is 5.55. The van der Waals surface area contributed by atoms with Gasteiger partial charge in [0.1, 0.15) is 18.1 Å². The highest BCUT2D eigenvalue weighted by molar-refractivity contribution is 6.45. The number of fused-ring (bicyclic) bond motifs is 1. The van der Waals surface area contributed by atoms with Gasteiger partial charge in [0.05, 0.1) is 34.8 Å². The maximum absolute atomic E-state index is 13.0. The van der Waals surface area contributed by atoms with Crippen LogP contribution in [-0.4, -0.2) is 40.3 Å². The van der Waals surface area contributed by atoms with E-state index in [4.69, 9.17) is 15.1 Å². The Bertz CT molecular complexity index is 1580. The number of nitrogens with zero attached hydrogens (tertiary/aromatic N) is 2. The van der Waals surface area contributed by atoms with Gasteiger partial charge in [-0.15, -0.1) is 0 Å². The normalized spacial score (nSPS) is 11.1. The Labute approximate surface area is 213 Å². The Morgan fingerprint density at radius 1 is 1.00 bits per heavy atom. The summed E-state index contributed by atoms with van der Waals surface area (Å²) in [6.07, 6.45) is -3.19. The molecular formula is C27H18F3N3O5. The number of aliphatic hydroxyl groups excluding tert-OH is 1. The molecule has 192 valence electrons. The van der Waals surface area contributed by atoms with Crippen molar-refractivity contribution >= 4 is 28.4 Å². The molecule has 0 saturated heterocycles. The molecule has 0 aliphatic carbocycles. The quantitative estimate of drug-likeness (QED) is 0.265. The predicted octanol–water partition coefficient (Wildman–Crippen LogP) is 4.17. The van der Waals surface area contributed by atoms with E-state index in [-0.39, 0.29) is 17.1 Å². The molecular weight excluding hydrogens is 503 g/mol. The van der Waals surface area contributed by atoms with Crippen molar-refractivity contribution in [2.24, 2.45) is 0 Å². The van der Waals surface area contributed by atoms with Crippen molar-refractivity contribution in [3.8, 4) is 23.3 Å². The smallest absolute Gasteiger partial charge is 0.417 e. The zero-order valence-corrected chi connectivity index (χ0v) is 19.5. The predicted molar refractivity (Wildman–Crippen MR) is 129 cm³/mol. The molecule has 3 aromatic carbocycles. The number of para-hydroxylation sites is 1. The number of hydrogen-bond acceptors (Lipinski definition) is 6. The molecule has 0 spiro atoms. The van der Waals surface area contributed by atoms with E-state index in [1.165, 1.54) is 12.3 Å². The number of alkyl halides is 3. The van der Waals surface area contributed by atoms with Crippen LogP contribution in [0.4, 0.5) is 13.2 Å². The van der Waals surface area contributed by atoms with Crippen molar-refractivity contribution < 1.29 is 37.4 Å². The van der Waals surface area contributed by atoms with E-state index in [2.05, 4.69) is 5.32 Å². The van der Waals surface area contributed by atoms with Gasteiger partial charge >= 0.3 is 6.18 Å². The van der Waals surface area contributed by atoms with Crippen molar-refractivity contribution in [3.63, 3.8) is 0 Å². The number of Topliss-reactive ketones (excluding diaryl/α,β-unsaturated/α-hetero) is 2. The molecule has 1 heterocycles. The number of nitriles is 1. The SMILES string of the molecule is N#Cc1cc(Oc2ccc(-n3cc(C(=O)C(=O)NCC(=O)CO)c4ccccc43)cc2)ccc1C(F)(F)F. The molecule has 0 saturated carbocycles. The van der Waals surface area contributed by atoms with E-state index in [1.54, 1.807) is 53.1 Å². The summed E-state index contributed by atoms with van der Waals surface area (Å²) in [5, 5.41) is 20.6. The van der Waals surface area contributed by atoms with E-state index < -0.39 is 47.9 Å². The first kappa shape index (κ1) is 26.1. The van der Waals surface area contributed by atoms with Gasteiger partial charge in [-0.2, -0.15) is 18.4 Å². The number of aliphatic hydroxyl groups is 1. The summed E-state index contributed by atoms with van der Waals surface area (Å²) in [7, 11) is 0. The summed E-state index contributed by atoms with van der Waals surface area (Å²) in [5.74, 6) is -2.16. The lowest BCUT2D eigenvalue weighted by Gasteiger charge is -2.12. The second-order valence-corrected chi connectivity index (χ2v) is 8.05. The Hall–Kier alpha value is -4.95. The van der Waals surface area contributed by atoms with Gasteiger partial charge in [0.25, 0.3) is 11.7 Å². The molecule has 0 aliphatic heterocycles. The fourth-order valence-electron chi connectivity index (χ4n) is 3.75. The van der Waals surface area contributed by atoms with Crippen molar-refractivity contribution in [3.05, 3.63) is 89.6 Å². The summed E-state index contributed by atoms with van der Waals surface area (Å²) < 4.78 is 46.4. The first-order chi connectivity index (χ1) is 18.1. The number of aromatic nitrogens is 1. The monoisotopic (exact) mass is 521 g/mol. The highest BCUT2D eigenvalue weighted by atomic mass is 19.4. The number of nitrogens with one attached hydrogen (secondary N) is 1. The zero-order valence-electron chi connectivity index (χ0n) is 19.5. The second-order valence-electron chi connectivity index (χ2n) is 8.05. The number of rotatable bonds is 8. The maximum Gasteiger partial charge on any atom is 0.417 e. The lowest BCUT2D eigenvalue weighted by Crippen LogP contribution is -2.35. The molecule has 0 bridgehead atoms. The summed E-state index contributed by atoms with van der Waals surface area (Å²) in [6.45, 7) is -1.23. The van der Waals surface area contributed by atoms with Gasteiger partial charge in [0, 0.05) is 17.3 Å². The summed E-state index contributed by atoms with van der Waals surface area (Å²) >= 11 is 0. The van der Waals surface area contributed by atoms with E-state index >= 15 is 0 Å². The molecule has 4 aromatic rings. The van der Waals surface area contributed by atoms with Gasteiger partial charge in [-0.05, 0) is 48.5 Å². The lowest BCUT2D eigenvalue weighted by atomic mass is 10.1. The Kier molecular flexibility index (Phi) is 7.27. The van der Waals surface area contributed by atoms with Crippen LogP contribution >= 0.6 is 0 Å². The zero-order chi connectivity index (χ0) is 27.4. The fraction of sp³-hybridized carbons (Fsp3) is 0.111. The van der Waals surface area contributed by atoms with Crippen LogP contribution in [0.3, 0.4) is 0 Å². The number of amides is 1. The molecule has 38 heavy (non-hydrogen) atoms. The van der Waals surface area contributed by atoms with Crippen LogP contribution in [0, 0.1) is 11.3 Å². The molecule has 0 aliphatic rings. The van der Waals surface area contributed by atoms with E-state index in [0.717, 1.165) is 18.2 Å². The molecule has 8 nitrogen and oxygen atoms in total. The van der Waals surface area contributed by atoms with Crippen molar-refractivity contribution in [1.29, 1.82) is 5.26 Å². The molecule has 0 atom stereocenters. The van der Waals surface area contributed by atoms with Crippen molar-refractivity contribution in [2.45, 2.75) is 6.18 Å². The lowest BCUT2D eigenvalue weighted by molar-refractivity contribution is -0.137. The first-order valence-electron chi connectivity index (χ1n) is 11.1. The molecule has 1 amide bonds. The standard InChI is InChI=1S/C27H18F3N3O5/c28-27(29,30)23-10-9-20(11-16(23)12-31)38-19-7-5-17(6-8-19)33-14-22(21-3-1-2-4-24(21)33)25(36)26(37)32-13-18(35)15-34/h1-11,14,34H,13,15H2,(H,32,37). The van der Waals surface area contributed by atoms with Gasteiger partial charge in [-0.3, -0.25) is 14.4 Å². The van der Waals surface area contributed by atoms with Crippen LogP contribution < -0.4 is 10.1 Å². The Morgan fingerprint density at radius 2 is 1.68 bits per heavy atom. The Balaban J connectivity index is 1.60. The average Bonchev–Trinajstić information content (AvgIpc) is 3.30. The third-order valence-corrected chi connectivity index (χ3v) is 5.55. The number of ketones is 2. The average molecular weight is 521 g/mol. The second kappa shape index (κ2) is 10.6. The topological polar surface area (TPSA) is 121 Å². The minimum Gasteiger partial charge on any atom is -0.457 e. The number of halogens is 3. The number of benzene rings is 3. The molecule has 0 fully saturated rings. The van der Waals surface area contributed by atoms with Gasteiger partial charge < -0.3 is 19.7 Å². The molecule has 11 heteroatoms. The van der Waals surface area contributed by atoms with Crippen LogP contribution in [0.5, 0.6) is 11.5 Å². The third kappa shape index (κ3) is 5.40. The minimum atomic E-state index is -4.66. The first-order valence-corrected chi connectivity index (χ1v) is 11.1. The minimum absolute atomic E-state index is 0.0484. The highest BCUT2D eigenvalue weighted by Crippen LogP contribution is 2.35. The van der Waals surface area contributed by atoms with Crippen LogP contribution in [0.2, 0.25) is 0 Å². The molecule has 0 radical (unpaired) electrons. The van der Waals surface area contributed by atoms with Gasteiger partial charge in [-0.25, -0.2) is 0 Å². The van der Waals surface area contributed by atoms with E-state index in [1.807, 2.05) is 0 Å². The molecule has 4 rings (SSSR count). The number of carbonyl (C=O) groups excluding carboxylic acids is 3. The Morgan fingerprint density at radius 3 is 2.34 bits per heavy atom. The largest absolute Gasteiger partial charge is 0.457 e. The van der Waals surface area contributed by atoms with E-state index in [0.29, 0.717) is 16.6 Å². The summed E-state index contributed by atoms with van der Waals surface area (Å²) in [5.41, 5.74) is -0.309. The van der Waals surface area contributed by atoms with Crippen molar-refractivity contribution in [2.75, 3.05) is 13.2 Å². The summed E-state index contributed by atoms with van der Waals surface area (Å²) in [6, 6.07) is 17.7. The van der Waals surface area contributed by atoms with Crippen LogP contribution in [0.15, 0.2) is 72.9 Å². The maximum atomic E-state index is 13.0. The van der Waals surface area contributed by atoms with Gasteiger partial charge in [0.15, 0.2) is 5.78 Å². The molecule has 1 aromatic heterocycles. The molecule has 2 N–H and O–H groups in total. The summed E-state index contributed by atoms with van der Waals surface area (Å²) in [4.78, 5) is 36.3. The fourth-order valence-corrected chi connectivity index (χ4v) is 3.75.